The van der Waals surface area contributed by atoms with E-state index >= 15 is 0 Å². The average Bonchev–Trinajstić information content (AvgIpc) is 2.98. The molecule has 0 saturated heterocycles. The molecule has 0 unspecified atom stereocenters. The number of nitrogens with one attached hydrogen (secondary N) is 1. The van der Waals surface area contributed by atoms with Crippen LogP contribution < -0.4 is 20.1 Å². The molecule has 0 radical (unpaired) electrons. The van der Waals surface area contributed by atoms with Gasteiger partial charge in [-0.15, -0.1) is 0 Å². The Bertz CT molecular complexity index is 1930. The third-order valence-corrected chi connectivity index (χ3v) is 7.05. The molecule has 1 aliphatic carbocycles. The summed E-state index contributed by atoms with van der Waals surface area (Å²) in [5, 5.41) is 18.4. The Morgan fingerprint density at radius 3 is 2.38 bits per heavy atom. The third-order valence-electron chi connectivity index (χ3n) is 7.05. The first-order valence-electron chi connectivity index (χ1n) is 13.1. The fourth-order valence-corrected chi connectivity index (χ4v) is 4.81. The zero-order chi connectivity index (χ0) is 30.0. The number of aromatic carboxylic acids is 1. The van der Waals surface area contributed by atoms with Crippen molar-refractivity contribution in [2.75, 3.05) is 33.1 Å². The number of fused-ring (bicyclic) bond motifs is 2. The molecule has 5 rings (SSSR count). The van der Waals surface area contributed by atoms with E-state index in [1.807, 2.05) is 74.1 Å². The number of carboxylic acid groups (broad SMARTS) is 1. The lowest BCUT2D eigenvalue weighted by Crippen LogP contribution is -2.23. The number of anilines is 1. The highest BCUT2D eigenvalue weighted by Gasteiger charge is 2.23. The normalized spacial score (nSPS) is 10.8. The monoisotopic (exact) mass is 561 g/mol. The SMILES string of the molecule is CN(C)c1ccc2c(-c3ccc(C(=O)NCc4ccc(N=[N+]=[N-])cc4)cc3C(=O)O)c3ccc(=[N+](C)C)cc-3oc2c1. The first-order valence-corrected chi connectivity index (χ1v) is 13.1. The fourth-order valence-electron chi connectivity index (χ4n) is 4.81. The molecule has 3 aromatic carbocycles. The molecular formula is C32H29N6O4+. The number of hydrogen-bond acceptors (Lipinski definition) is 5. The lowest BCUT2D eigenvalue weighted by Gasteiger charge is -2.19. The highest BCUT2D eigenvalue weighted by atomic mass is 16.4. The molecule has 0 aromatic heterocycles. The largest absolute Gasteiger partial charge is 0.478 e. The number of benzene rings is 4. The second-order valence-electron chi connectivity index (χ2n) is 10.2. The van der Waals surface area contributed by atoms with Crippen LogP contribution in [0.1, 0.15) is 26.3 Å². The lowest BCUT2D eigenvalue weighted by molar-refractivity contribution is 0.0697. The van der Waals surface area contributed by atoms with Gasteiger partial charge in [-0.1, -0.05) is 35.4 Å². The molecule has 210 valence electrons. The van der Waals surface area contributed by atoms with Crippen molar-refractivity contribution in [3.63, 3.8) is 0 Å². The van der Waals surface area contributed by atoms with Crippen molar-refractivity contribution in [3.05, 3.63) is 111 Å². The fraction of sp³-hybridized carbons (Fsp3) is 0.156. The van der Waals surface area contributed by atoms with Crippen molar-refractivity contribution >= 4 is 34.2 Å². The average molecular weight is 562 g/mol. The molecule has 0 bridgehead atoms. The standard InChI is InChI=1S/C32H28N6O4/c1-37(2)22-10-13-25-28(16-22)42-29-17-23(38(3)4)11-14-26(29)30(25)24-12-7-20(15-27(24)32(40)41)31(39)34-18-19-5-8-21(9-6-19)35-36-33/h5-17H,18H2,1-4H3,(H-,34,39,40,41)/p+1. The minimum atomic E-state index is -1.15. The maximum absolute atomic E-state index is 13.0. The molecule has 0 spiro atoms. The Kier molecular flexibility index (Phi) is 7.64. The van der Waals surface area contributed by atoms with Gasteiger partial charge in [0.25, 0.3) is 5.91 Å². The van der Waals surface area contributed by atoms with Crippen molar-refractivity contribution < 1.29 is 19.1 Å². The molecule has 2 N–H and O–H groups in total. The Hall–Kier alpha value is -5.60. The van der Waals surface area contributed by atoms with Gasteiger partial charge < -0.3 is 19.7 Å². The van der Waals surface area contributed by atoms with Crippen molar-refractivity contribution in [1.82, 2.24) is 9.89 Å². The molecule has 2 aliphatic rings. The maximum Gasteiger partial charge on any atom is 0.336 e. The first kappa shape index (κ1) is 27.9. The van der Waals surface area contributed by atoms with Crippen molar-refractivity contribution in [2.24, 2.45) is 5.11 Å². The van der Waals surface area contributed by atoms with E-state index in [0.717, 1.165) is 27.6 Å². The Morgan fingerprint density at radius 1 is 0.976 bits per heavy atom. The minimum Gasteiger partial charge on any atom is -0.478 e. The van der Waals surface area contributed by atoms with Gasteiger partial charge in [-0.25, -0.2) is 9.37 Å². The number of amides is 1. The number of carboxylic acids is 1. The van der Waals surface area contributed by atoms with Crippen LogP contribution in [0.5, 0.6) is 0 Å². The maximum atomic E-state index is 13.0. The summed E-state index contributed by atoms with van der Waals surface area (Å²) in [5.74, 6) is -0.943. The van der Waals surface area contributed by atoms with E-state index in [1.54, 1.807) is 36.4 Å². The zero-order valence-electron chi connectivity index (χ0n) is 23.6. The van der Waals surface area contributed by atoms with Crippen LogP contribution in [0.25, 0.3) is 43.9 Å². The summed E-state index contributed by atoms with van der Waals surface area (Å²) >= 11 is 0. The molecule has 1 heterocycles. The number of hydrogen-bond donors (Lipinski definition) is 2. The highest BCUT2D eigenvalue weighted by Crippen LogP contribution is 2.42. The van der Waals surface area contributed by atoms with E-state index < -0.39 is 11.9 Å². The van der Waals surface area contributed by atoms with E-state index in [2.05, 4.69) is 15.3 Å². The van der Waals surface area contributed by atoms with Crippen LogP contribution in [0.15, 0.2) is 88.4 Å². The summed E-state index contributed by atoms with van der Waals surface area (Å²) in [7, 11) is 7.77. The van der Waals surface area contributed by atoms with E-state index in [0.29, 0.717) is 28.2 Å². The van der Waals surface area contributed by atoms with Gasteiger partial charge in [0.1, 0.15) is 25.4 Å². The summed E-state index contributed by atoms with van der Waals surface area (Å²) in [6, 6.07) is 23.2. The van der Waals surface area contributed by atoms with Gasteiger partial charge in [0.05, 0.1) is 11.6 Å². The Balaban J connectivity index is 1.60. The number of nitrogens with zero attached hydrogens (tertiary/aromatic N) is 5. The number of azide groups is 1. The zero-order valence-corrected chi connectivity index (χ0v) is 23.6. The van der Waals surface area contributed by atoms with E-state index in [1.165, 1.54) is 6.07 Å². The lowest BCUT2D eigenvalue weighted by atomic mass is 9.89. The van der Waals surface area contributed by atoms with Crippen LogP contribution >= 0.6 is 0 Å². The van der Waals surface area contributed by atoms with Gasteiger partial charge in [0.15, 0.2) is 0 Å². The molecule has 0 saturated carbocycles. The van der Waals surface area contributed by atoms with Crippen LogP contribution in [0.4, 0.5) is 11.4 Å². The molecule has 0 atom stereocenters. The first-order chi connectivity index (χ1) is 20.2. The summed E-state index contributed by atoms with van der Waals surface area (Å²) in [6.07, 6.45) is 0. The van der Waals surface area contributed by atoms with Gasteiger partial charge in [0, 0.05) is 71.1 Å². The second kappa shape index (κ2) is 11.5. The van der Waals surface area contributed by atoms with Crippen molar-refractivity contribution in [1.29, 1.82) is 0 Å². The van der Waals surface area contributed by atoms with Crippen LogP contribution in [0.3, 0.4) is 0 Å². The van der Waals surface area contributed by atoms with E-state index in [9.17, 15) is 14.7 Å². The summed E-state index contributed by atoms with van der Waals surface area (Å²) < 4.78 is 8.33. The topological polar surface area (TPSA) is 135 Å². The molecule has 42 heavy (non-hydrogen) atoms. The van der Waals surface area contributed by atoms with Crippen molar-refractivity contribution in [2.45, 2.75) is 6.54 Å². The van der Waals surface area contributed by atoms with E-state index in [-0.39, 0.29) is 17.7 Å². The molecule has 1 amide bonds. The molecule has 0 fully saturated rings. The molecule has 3 aromatic rings. The molecule has 10 heteroatoms. The second-order valence-corrected chi connectivity index (χ2v) is 10.2. The quantitative estimate of drug-likeness (QED) is 0.0842. The minimum absolute atomic E-state index is 0.00328. The van der Waals surface area contributed by atoms with Crippen LogP contribution in [-0.2, 0) is 6.54 Å². The van der Waals surface area contributed by atoms with Gasteiger partial charge in [-0.2, -0.15) is 0 Å². The number of carbonyl (C=O) groups excluding carboxylic acids is 1. The van der Waals surface area contributed by atoms with Gasteiger partial charge in [-0.05, 0) is 47.0 Å². The van der Waals surface area contributed by atoms with Gasteiger partial charge in [0.2, 0.25) is 5.36 Å². The van der Waals surface area contributed by atoms with Crippen LogP contribution in [0, 0.1) is 0 Å². The highest BCUT2D eigenvalue weighted by molar-refractivity contribution is 6.09. The van der Waals surface area contributed by atoms with Gasteiger partial charge >= 0.3 is 5.97 Å². The summed E-state index contributed by atoms with van der Waals surface area (Å²) in [6.45, 7) is 0.220. The van der Waals surface area contributed by atoms with Crippen molar-refractivity contribution in [3.8, 4) is 22.5 Å². The number of carbonyl (C=O) groups is 2. The van der Waals surface area contributed by atoms with Crippen LogP contribution in [-0.4, -0.2) is 45.2 Å². The number of rotatable bonds is 7. The summed E-state index contributed by atoms with van der Waals surface area (Å²) in [5.41, 5.74) is 13.6. The van der Waals surface area contributed by atoms with Gasteiger partial charge in [-0.3, -0.25) is 4.79 Å². The molecule has 10 nitrogen and oxygen atoms in total. The Morgan fingerprint density at radius 2 is 1.71 bits per heavy atom. The van der Waals surface area contributed by atoms with Crippen LogP contribution in [0.2, 0.25) is 0 Å². The smallest absolute Gasteiger partial charge is 0.336 e. The molecular weight excluding hydrogens is 532 g/mol. The molecule has 1 aliphatic heterocycles. The predicted octanol–water partition coefficient (Wildman–Crippen LogP) is 5.87. The Labute approximate surface area is 241 Å². The predicted molar refractivity (Wildman–Crippen MR) is 163 cm³/mol. The summed E-state index contributed by atoms with van der Waals surface area (Å²) in [4.78, 5) is 30.4. The third kappa shape index (κ3) is 5.52. The van der Waals surface area contributed by atoms with E-state index in [4.69, 9.17) is 9.95 Å².